The van der Waals surface area contributed by atoms with Crippen molar-refractivity contribution in [2.45, 2.75) is 26.8 Å². The van der Waals surface area contributed by atoms with Crippen molar-refractivity contribution in [2.24, 2.45) is 5.92 Å². The van der Waals surface area contributed by atoms with E-state index in [1.807, 2.05) is 19.1 Å². The van der Waals surface area contributed by atoms with Crippen LogP contribution in [0.3, 0.4) is 0 Å². The fraction of sp³-hybridized carbons (Fsp3) is 0.818. The van der Waals surface area contributed by atoms with E-state index in [0.717, 1.165) is 19.8 Å². The molecule has 0 aliphatic carbocycles. The molecule has 0 rings (SSSR count). The average Bonchev–Trinajstić information content (AvgIpc) is 2.16. The first kappa shape index (κ1) is 13.9. The van der Waals surface area contributed by atoms with Crippen LogP contribution in [-0.4, -0.2) is 31.7 Å². The molecule has 0 aliphatic rings. The number of ether oxygens (including phenoxy) is 1. The van der Waals surface area contributed by atoms with Crippen LogP contribution in [0.5, 0.6) is 0 Å². The molecule has 1 N–H and O–H groups in total. The second kappa shape index (κ2) is 9.50. The fourth-order valence-corrected chi connectivity index (χ4v) is 1.22. The van der Waals surface area contributed by atoms with Gasteiger partial charge in [0.1, 0.15) is 0 Å². The largest absolute Gasteiger partial charge is 0.380 e. The van der Waals surface area contributed by atoms with Gasteiger partial charge in [-0.1, -0.05) is 26.0 Å². The van der Waals surface area contributed by atoms with Gasteiger partial charge < -0.3 is 10.1 Å². The Labute approximate surface area is 92.7 Å². The number of halogens is 1. The van der Waals surface area contributed by atoms with E-state index in [9.17, 15) is 0 Å². The summed E-state index contributed by atoms with van der Waals surface area (Å²) in [6.45, 7) is 8.84. The summed E-state index contributed by atoms with van der Waals surface area (Å²) in [5.41, 5.74) is 0. The predicted molar refractivity (Wildman–Crippen MR) is 63.0 cm³/mol. The van der Waals surface area contributed by atoms with E-state index in [0.29, 0.717) is 17.8 Å². The molecule has 0 saturated carbocycles. The van der Waals surface area contributed by atoms with Crippen LogP contribution in [0.2, 0.25) is 0 Å². The quantitative estimate of drug-likeness (QED) is 0.500. The maximum Gasteiger partial charge on any atom is 0.0622 e. The van der Waals surface area contributed by atoms with Gasteiger partial charge in [0.2, 0.25) is 0 Å². The zero-order valence-corrected chi connectivity index (χ0v) is 10.2. The van der Waals surface area contributed by atoms with Crippen molar-refractivity contribution in [3.8, 4) is 0 Å². The smallest absolute Gasteiger partial charge is 0.0622 e. The van der Waals surface area contributed by atoms with Gasteiger partial charge in [0.15, 0.2) is 0 Å². The zero-order valence-electron chi connectivity index (χ0n) is 9.42. The highest BCUT2D eigenvalue weighted by molar-refractivity contribution is 6.18. The van der Waals surface area contributed by atoms with Crippen molar-refractivity contribution in [3.63, 3.8) is 0 Å². The van der Waals surface area contributed by atoms with Crippen molar-refractivity contribution in [1.29, 1.82) is 0 Å². The van der Waals surface area contributed by atoms with E-state index >= 15 is 0 Å². The second-order valence-corrected chi connectivity index (χ2v) is 3.85. The van der Waals surface area contributed by atoms with E-state index in [-0.39, 0.29) is 0 Å². The summed E-state index contributed by atoms with van der Waals surface area (Å²) in [5, 5.41) is 3.42. The Morgan fingerprint density at radius 1 is 1.36 bits per heavy atom. The minimum atomic E-state index is 0.426. The highest BCUT2D eigenvalue weighted by atomic mass is 35.5. The van der Waals surface area contributed by atoms with Gasteiger partial charge in [-0.25, -0.2) is 0 Å². The van der Waals surface area contributed by atoms with Crippen LogP contribution < -0.4 is 5.32 Å². The lowest BCUT2D eigenvalue weighted by Crippen LogP contribution is -2.38. The standard InChI is InChI=1S/C11H22ClNO/c1-4-14-9-11(10(2)3)13-8-6-5-7-12/h5-6,10-11,13H,4,7-9H2,1-3H3/b6-5+. The first-order valence-corrected chi connectivity index (χ1v) is 5.77. The third-order valence-electron chi connectivity index (χ3n) is 2.06. The monoisotopic (exact) mass is 219 g/mol. The zero-order chi connectivity index (χ0) is 10.8. The van der Waals surface area contributed by atoms with Gasteiger partial charge >= 0.3 is 0 Å². The molecule has 1 atom stereocenters. The molecule has 0 radical (unpaired) electrons. The lowest BCUT2D eigenvalue weighted by molar-refractivity contribution is 0.110. The highest BCUT2D eigenvalue weighted by Gasteiger charge is 2.11. The number of rotatable bonds is 8. The summed E-state index contributed by atoms with van der Waals surface area (Å²) in [6.07, 6.45) is 4.00. The summed E-state index contributed by atoms with van der Waals surface area (Å²) in [5.74, 6) is 1.17. The lowest BCUT2D eigenvalue weighted by Gasteiger charge is -2.21. The van der Waals surface area contributed by atoms with Gasteiger partial charge in [-0.15, -0.1) is 11.6 Å². The maximum absolute atomic E-state index is 5.52. The average molecular weight is 220 g/mol. The highest BCUT2D eigenvalue weighted by Crippen LogP contribution is 2.01. The first-order chi connectivity index (χ1) is 6.72. The van der Waals surface area contributed by atoms with Gasteiger partial charge in [0.05, 0.1) is 6.61 Å². The maximum atomic E-state index is 5.52. The SMILES string of the molecule is CCOCC(NC/C=C/CCl)C(C)C. The molecule has 0 aromatic carbocycles. The number of allylic oxidation sites excluding steroid dienone is 1. The molecule has 14 heavy (non-hydrogen) atoms. The first-order valence-electron chi connectivity index (χ1n) is 5.24. The predicted octanol–water partition coefficient (Wildman–Crippen LogP) is 2.43. The minimum absolute atomic E-state index is 0.426. The van der Waals surface area contributed by atoms with E-state index < -0.39 is 0 Å². The van der Waals surface area contributed by atoms with Crippen LogP contribution in [0.25, 0.3) is 0 Å². The Bertz CT molecular complexity index is 148. The van der Waals surface area contributed by atoms with Crippen molar-refractivity contribution >= 4 is 11.6 Å². The summed E-state index contributed by atoms with van der Waals surface area (Å²) in [4.78, 5) is 0. The Kier molecular flexibility index (Phi) is 9.47. The molecule has 0 heterocycles. The number of hydrogen-bond donors (Lipinski definition) is 1. The Morgan fingerprint density at radius 2 is 2.07 bits per heavy atom. The number of nitrogens with one attached hydrogen (secondary N) is 1. The molecule has 3 heteroatoms. The van der Waals surface area contributed by atoms with Crippen molar-refractivity contribution in [1.82, 2.24) is 5.32 Å². The third kappa shape index (κ3) is 7.36. The van der Waals surface area contributed by atoms with Gasteiger partial charge in [-0.2, -0.15) is 0 Å². The second-order valence-electron chi connectivity index (χ2n) is 3.54. The summed E-state index contributed by atoms with van der Waals surface area (Å²) >= 11 is 5.52. The van der Waals surface area contributed by atoms with Crippen LogP contribution in [-0.2, 0) is 4.74 Å². The van der Waals surface area contributed by atoms with Crippen LogP contribution in [0.15, 0.2) is 12.2 Å². The van der Waals surface area contributed by atoms with E-state index in [2.05, 4.69) is 19.2 Å². The van der Waals surface area contributed by atoms with Crippen molar-refractivity contribution < 1.29 is 4.74 Å². The van der Waals surface area contributed by atoms with Gasteiger partial charge in [0, 0.05) is 25.1 Å². The summed E-state index contributed by atoms with van der Waals surface area (Å²) < 4.78 is 5.40. The number of alkyl halides is 1. The molecule has 0 fully saturated rings. The topological polar surface area (TPSA) is 21.3 Å². The molecule has 84 valence electrons. The van der Waals surface area contributed by atoms with E-state index in [4.69, 9.17) is 16.3 Å². The van der Waals surface area contributed by atoms with E-state index in [1.165, 1.54) is 0 Å². The molecule has 0 aromatic heterocycles. The minimum Gasteiger partial charge on any atom is -0.380 e. The van der Waals surface area contributed by atoms with Crippen molar-refractivity contribution in [3.05, 3.63) is 12.2 Å². The molecule has 2 nitrogen and oxygen atoms in total. The normalized spacial score (nSPS) is 14.1. The van der Waals surface area contributed by atoms with Crippen LogP contribution in [0, 0.1) is 5.92 Å². The molecule has 0 amide bonds. The van der Waals surface area contributed by atoms with Gasteiger partial charge in [-0.3, -0.25) is 0 Å². The Balaban J connectivity index is 3.67. The molecule has 0 saturated heterocycles. The molecule has 0 aromatic rings. The molecule has 0 bridgehead atoms. The third-order valence-corrected chi connectivity index (χ3v) is 2.24. The fourth-order valence-electron chi connectivity index (χ4n) is 1.10. The van der Waals surface area contributed by atoms with Crippen LogP contribution in [0.4, 0.5) is 0 Å². The van der Waals surface area contributed by atoms with E-state index in [1.54, 1.807) is 0 Å². The molecule has 1 unspecified atom stereocenters. The summed E-state index contributed by atoms with van der Waals surface area (Å²) in [6, 6.07) is 0.426. The molecule has 0 aliphatic heterocycles. The molecule has 0 spiro atoms. The summed E-state index contributed by atoms with van der Waals surface area (Å²) in [7, 11) is 0. The van der Waals surface area contributed by atoms with Gasteiger partial charge in [0.25, 0.3) is 0 Å². The van der Waals surface area contributed by atoms with Gasteiger partial charge in [-0.05, 0) is 12.8 Å². The van der Waals surface area contributed by atoms with Crippen molar-refractivity contribution in [2.75, 3.05) is 25.6 Å². The molecular weight excluding hydrogens is 198 g/mol. The van der Waals surface area contributed by atoms with Crippen LogP contribution >= 0.6 is 11.6 Å². The Morgan fingerprint density at radius 3 is 2.57 bits per heavy atom. The number of hydrogen-bond acceptors (Lipinski definition) is 2. The Hall–Kier alpha value is -0.0500. The molecular formula is C11H22ClNO. The lowest BCUT2D eigenvalue weighted by atomic mass is 10.1. The van der Waals surface area contributed by atoms with Crippen LogP contribution in [0.1, 0.15) is 20.8 Å².